The van der Waals surface area contributed by atoms with Gasteiger partial charge in [-0.1, -0.05) is 0 Å². The van der Waals surface area contributed by atoms with Crippen LogP contribution in [0.15, 0.2) is 42.5 Å². The van der Waals surface area contributed by atoms with Gasteiger partial charge in [0.25, 0.3) is 0 Å². The fraction of sp³-hybridized carbons (Fsp3) is 0.350. The van der Waals surface area contributed by atoms with Crippen LogP contribution in [-0.4, -0.2) is 33.7 Å². The van der Waals surface area contributed by atoms with Crippen molar-refractivity contribution in [1.29, 1.82) is 0 Å². The summed E-state index contributed by atoms with van der Waals surface area (Å²) < 4.78 is 50.4. The van der Waals surface area contributed by atoms with E-state index >= 15 is 0 Å². The van der Waals surface area contributed by atoms with Crippen LogP contribution in [0, 0.1) is 0 Å². The Balaban J connectivity index is 1.90. The van der Waals surface area contributed by atoms with Gasteiger partial charge in [-0.25, -0.2) is 0 Å². The lowest BCUT2D eigenvalue weighted by molar-refractivity contribution is -0.136. The van der Waals surface area contributed by atoms with Crippen molar-refractivity contribution in [3.8, 4) is 11.5 Å². The zero-order chi connectivity index (χ0) is 20.7. The van der Waals surface area contributed by atoms with Crippen LogP contribution >= 0.6 is 0 Å². The number of hydrogen-bond acceptors (Lipinski definition) is 4. The standard InChI is InChI=1S/C20H23F3N2O3/c1-25(2)14-6-11-18(17(13-14)20(21,22)23)24-19(26)5-4-12-28-16-9-7-15(27-3)8-10-16/h6-11,13H,4-5,12H2,1-3H3,(H,24,26). The Labute approximate surface area is 162 Å². The molecule has 0 heterocycles. The molecule has 8 heteroatoms. The summed E-state index contributed by atoms with van der Waals surface area (Å²) in [4.78, 5) is 13.6. The van der Waals surface area contributed by atoms with Gasteiger partial charge < -0.3 is 19.7 Å². The summed E-state index contributed by atoms with van der Waals surface area (Å²) in [5, 5.41) is 2.35. The van der Waals surface area contributed by atoms with E-state index in [1.54, 1.807) is 50.4 Å². The maximum absolute atomic E-state index is 13.3. The zero-order valence-electron chi connectivity index (χ0n) is 16.0. The quantitative estimate of drug-likeness (QED) is 0.664. The van der Waals surface area contributed by atoms with Gasteiger partial charge in [0, 0.05) is 26.2 Å². The molecule has 2 aromatic carbocycles. The average molecular weight is 396 g/mol. The normalized spacial score (nSPS) is 11.1. The fourth-order valence-corrected chi connectivity index (χ4v) is 2.46. The van der Waals surface area contributed by atoms with Gasteiger partial charge in [-0.15, -0.1) is 0 Å². The number of rotatable bonds is 8. The monoisotopic (exact) mass is 396 g/mol. The fourth-order valence-electron chi connectivity index (χ4n) is 2.46. The number of hydrogen-bond donors (Lipinski definition) is 1. The molecule has 0 saturated heterocycles. The molecule has 0 aliphatic rings. The second kappa shape index (κ2) is 9.34. The number of amides is 1. The predicted molar refractivity (Wildman–Crippen MR) is 102 cm³/mol. The molecule has 0 unspecified atom stereocenters. The molecule has 5 nitrogen and oxygen atoms in total. The molecule has 0 bridgehead atoms. The van der Waals surface area contributed by atoms with Crippen molar-refractivity contribution in [3.05, 3.63) is 48.0 Å². The van der Waals surface area contributed by atoms with Crippen LogP contribution in [0.1, 0.15) is 18.4 Å². The topological polar surface area (TPSA) is 50.8 Å². The number of nitrogens with one attached hydrogen (secondary N) is 1. The molecule has 0 fully saturated rings. The van der Waals surface area contributed by atoms with Crippen LogP contribution < -0.4 is 19.7 Å². The molecule has 0 atom stereocenters. The van der Waals surface area contributed by atoms with Crippen LogP contribution in [-0.2, 0) is 11.0 Å². The third-order valence-electron chi connectivity index (χ3n) is 3.98. The maximum atomic E-state index is 13.3. The molecule has 0 radical (unpaired) electrons. The molecule has 152 valence electrons. The first kappa shape index (κ1) is 21.4. The SMILES string of the molecule is COc1ccc(OCCCC(=O)Nc2ccc(N(C)C)cc2C(F)(F)F)cc1. The van der Waals surface area contributed by atoms with Gasteiger partial charge in [-0.3, -0.25) is 4.79 Å². The minimum atomic E-state index is -4.56. The van der Waals surface area contributed by atoms with E-state index < -0.39 is 17.6 Å². The molecule has 0 aliphatic heterocycles. The highest BCUT2D eigenvalue weighted by Crippen LogP contribution is 2.37. The summed E-state index contributed by atoms with van der Waals surface area (Å²) in [6, 6.07) is 10.8. The van der Waals surface area contributed by atoms with E-state index in [2.05, 4.69) is 5.32 Å². The lowest BCUT2D eigenvalue weighted by Crippen LogP contribution is -2.18. The number of halogens is 3. The van der Waals surface area contributed by atoms with Crippen LogP contribution in [0.5, 0.6) is 11.5 Å². The molecule has 0 spiro atoms. The molecule has 1 N–H and O–H groups in total. The van der Waals surface area contributed by atoms with E-state index in [1.807, 2.05) is 0 Å². The van der Waals surface area contributed by atoms with Gasteiger partial charge in [-0.05, 0) is 48.9 Å². The van der Waals surface area contributed by atoms with E-state index in [-0.39, 0.29) is 18.7 Å². The number of ether oxygens (including phenoxy) is 2. The second-order valence-corrected chi connectivity index (χ2v) is 6.30. The van der Waals surface area contributed by atoms with E-state index in [9.17, 15) is 18.0 Å². The third kappa shape index (κ3) is 6.07. The Kier molecular flexibility index (Phi) is 7.14. The van der Waals surface area contributed by atoms with Gasteiger partial charge in [0.05, 0.1) is 25.0 Å². The minimum Gasteiger partial charge on any atom is -0.497 e. The molecular formula is C20H23F3N2O3. The van der Waals surface area contributed by atoms with E-state index in [1.165, 1.54) is 12.1 Å². The molecule has 28 heavy (non-hydrogen) atoms. The number of methoxy groups -OCH3 is 1. The number of nitrogens with zero attached hydrogens (tertiary/aromatic N) is 1. The summed E-state index contributed by atoms with van der Waals surface area (Å²) >= 11 is 0. The zero-order valence-corrected chi connectivity index (χ0v) is 16.0. The van der Waals surface area contributed by atoms with Crippen molar-refractivity contribution in [2.45, 2.75) is 19.0 Å². The van der Waals surface area contributed by atoms with Crippen LogP contribution in [0.3, 0.4) is 0 Å². The van der Waals surface area contributed by atoms with Crippen molar-refractivity contribution in [3.63, 3.8) is 0 Å². The average Bonchev–Trinajstić information content (AvgIpc) is 2.65. The molecule has 0 saturated carbocycles. The van der Waals surface area contributed by atoms with Gasteiger partial charge >= 0.3 is 6.18 Å². The Bertz CT molecular complexity index is 790. The van der Waals surface area contributed by atoms with Crippen molar-refractivity contribution >= 4 is 17.3 Å². The largest absolute Gasteiger partial charge is 0.497 e. The predicted octanol–water partition coefficient (Wildman–Crippen LogP) is 4.58. The van der Waals surface area contributed by atoms with Crippen LogP contribution in [0.25, 0.3) is 0 Å². The third-order valence-corrected chi connectivity index (χ3v) is 3.98. The number of anilines is 2. The summed E-state index contributed by atoms with van der Waals surface area (Å²) in [5.74, 6) is 0.828. The first-order valence-electron chi connectivity index (χ1n) is 8.66. The highest BCUT2D eigenvalue weighted by molar-refractivity contribution is 5.92. The smallest absolute Gasteiger partial charge is 0.418 e. The highest BCUT2D eigenvalue weighted by Gasteiger charge is 2.34. The minimum absolute atomic E-state index is 0.0445. The molecule has 2 aromatic rings. The first-order valence-corrected chi connectivity index (χ1v) is 8.66. The molecular weight excluding hydrogens is 373 g/mol. The summed E-state index contributed by atoms with van der Waals surface area (Å²) in [5.41, 5.74) is -0.723. The molecule has 0 aromatic heterocycles. The first-order chi connectivity index (χ1) is 13.2. The Morgan fingerprint density at radius 2 is 1.71 bits per heavy atom. The highest BCUT2D eigenvalue weighted by atomic mass is 19.4. The molecule has 0 aliphatic carbocycles. The molecule has 1 amide bonds. The number of benzene rings is 2. The lowest BCUT2D eigenvalue weighted by Gasteiger charge is -2.18. The number of carbonyl (C=O) groups is 1. The number of alkyl halides is 3. The Hall–Kier alpha value is -2.90. The Morgan fingerprint density at radius 3 is 2.29 bits per heavy atom. The van der Waals surface area contributed by atoms with Crippen molar-refractivity contribution in [1.82, 2.24) is 0 Å². The van der Waals surface area contributed by atoms with E-state index in [0.717, 1.165) is 6.07 Å². The Morgan fingerprint density at radius 1 is 1.07 bits per heavy atom. The van der Waals surface area contributed by atoms with Gasteiger partial charge in [-0.2, -0.15) is 13.2 Å². The second-order valence-electron chi connectivity index (χ2n) is 6.30. The summed E-state index contributed by atoms with van der Waals surface area (Å²) in [6.07, 6.45) is -4.15. The van der Waals surface area contributed by atoms with Gasteiger partial charge in [0.2, 0.25) is 5.91 Å². The van der Waals surface area contributed by atoms with E-state index in [4.69, 9.17) is 9.47 Å². The summed E-state index contributed by atoms with van der Waals surface area (Å²) in [6.45, 7) is 0.269. The van der Waals surface area contributed by atoms with Crippen molar-refractivity contribution in [2.24, 2.45) is 0 Å². The number of carbonyl (C=O) groups excluding carboxylic acids is 1. The van der Waals surface area contributed by atoms with E-state index in [0.29, 0.717) is 23.6 Å². The summed E-state index contributed by atoms with van der Waals surface area (Å²) in [7, 11) is 4.86. The lowest BCUT2D eigenvalue weighted by atomic mass is 10.1. The maximum Gasteiger partial charge on any atom is 0.418 e. The van der Waals surface area contributed by atoms with Crippen LogP contribution in [0.2, 0.25) is 0 Å². The molecule has 2 rings (SSSR count). The van der Waals surface area contributed by atoms with Gasteiger partial charge in [0.1, 0.15) is 11.5 Å². The van der Waals surface area contributed by atoms with Crippen molar-refractivity contribution in [2.75, 3.05) is 38.0 Å². The van der Waals surface area contributed by atoms with Crippen molar-refractivity contribution < 1.29 is 27.4 Å². The van der Waals surface area contributed by atoms with Crippen LogP contribution in [0.4, 0.5) is 24.5 Å². The van der Waals surface area contributed by atoms with Gasteiger partial charge in [0.15, 0.2) is 0 Å².